The second kappa shape index (κ2) is 10.1. The maximum Gasteiger partial charge on any atom is 0.362 e. The number of rotatable bonds is 8. The number of pyridine rings is 1. The third kappa shape index (κ3) is 5.57. The van der Waals surface area contributed by atoms with Crippen molar-refractivity contribution >= 4 is 11.9 Å². The van der Waals surface area contributed by atoms with Crippen LogP contribution in [0.1, 0.15) is 34.7 Å². The van der Waals surface area contributed by atoms with Gasteiger partial charge in [-0.05, 0) is 74.5 Å². The third-order valence-corrected chi connectivity index (χ3v) is 3.90. The summed E-state index contributed by atoms with van der Waals surface area (Å²) in [6.07, 6.45) is 1.27. The summed E-state index contributed by atoms with van der Waals surface area (Å²) in [5, 5.41) is 0. The zero-order valence-electron chi connectivity index (χ0n) is 16.7. The fourth-order valence-corrected chi connectivity index (χ4v) is 2.50. The summed E-state index contributed by atoms with van der Waals surface area (Å²) in [4.78, 5) is 28.5. The Morgan fingerprint density at radius 3 is 1.57 bits per heavy atom. The van der Waals surface area contributed by atoms with Gasteiger partial charge in [0.05, 0.1) is 18.8 Å². The van der Waals surface area contributed by atoms with Crippen LogP contribution in [-0.4, -0.2) is 30.1 Å². The Hall–Kier alpha value is -3.87. The van der Waals surface area contributed by atoms with Crippen LogP contribution in [0.15, 0.2) is 66.9 Å². The van der Waals surface area contributed by atoms with Crippen LogP contribution < -0.4 is 18.9 Å². The van der Waals surface area contributed by atoms with Gasteiger partial charge in [0.15, 0.2) is 0 Å². The molecule has 1 heterocycles. The normalized spacial score (nSPS) is 10.2. The molecule has 0 aliphatic heterocycles. The van der Waals surface area contributed by atoms with E-state index >= 15 is 0 Å². The van der Waals surface area contributed by atoms with Crippen LogP contribution in [0, 0.1) is 0 Å². The highest BCUT2D eigenvalue weighted by molar-refractivity contribution is 5.93. The number of carbonyl (C=O) groups is 2. The van der Waals surface area contributed by atoms with Crippen molar-refractivity contribution in [3.05, 3.63) is 78.1 Å². The maximum absolute atomic E-state index is 12.3. The average molecular weight is 407 g/mol. The summed E-state index contributed by atoms with van der Waals surface area (Å²) in [5.41, 5.74) is 0.281. The summed E-state index contributed by atoms with van der Waals surface area (Å²) in [5.74, 6) is 0.899. The highest BCUT2D eigenvalue weighted by atomic mass is 16.5. The van der Waals surface area contributed by atoms with E-state index in [0.29, 0.717) is 36.2 Å². The second-order valence-corrected chi connectivity index (χ2v) is 6.02. The molecule has 0 radical (unpaired) electrons. The van der Waals surface area contributed by atoms with E-state index in [1.807, 2.05) is 13.8 Å². The number of nitrogens with zero attached hydrogens (tertiary/aromatic N) is 1. The van der Waals surface area contributed by atoms with Crippen molar-refractivity contribution in [2.45, 2.75) is 13.8 Å². The van der Waals surface area contributed by atoms with Crippen molar-refractivity contribution in [1.29, 1.82) is 0 Å². The van der Waals surface area contributed by atoms with Crippen molar-refractivity contribution in [2.75, 3.05) is 13.2 Å². The lowest BCUT2D eigenvalue weighted by molar-refractivity contribution is 0.0715. The molecule has 0 amide bonds. The lowest BCUT2D eigenvalue weighted by Crippen LogP contribution is -2.13. The summed E-state index contributed by atoms with van der Waals surface area (Å²) >= 11 is 0. The largest absolute Gasteiger partial charge is 0.494 e. The predicted molar refractivity (Wildman–Crippen MR) is 109 cm³/mol. The predicted octanol–water partition coefficient (Wildman–Crippen LogP) is 4.32. The minimum atomic E-state index is -0.634. The molecule has 0 spiro atoms. The van der Waals surface area contributed by atoms with E-state index in [-0.39, 0.29) is 11.3 Å². The van der Waals surface area contributed by atoms with Crippen LogP contribution in [0.4, 0.5) is 0 Å². The first-order chi connectivity index (χ1) is 14.6. The van der Waals surface area contributed by atoms with Gasteiger partial charge in [0.2, 0.25) is 0 Å². The SMILES string of the molecule is CCOc1ccc(OC(=O)c2ccc(C(=O)Oc3ccc(OCC)cc3)nc2)cc1. The molecule has 0 atom stereocenters. The molecule has 2 aromatic carbocycles. The maximum atomic E-state index is 12.3. The van der Waals surface area contributed by atoms with Gasteiger partial charge in [0.1, 0.15) is 28.7 Å². The number of hydrogen-bond donors (Lipinski definition) is 0. The van der Waals surface area contributed by atoms with Gasteiger partial charge < -0.3 is 18.9 Å². The number of ether oxygens (including phenoxy) is 4. The van der Waals surface area contributed by atoms with Gasteiger partial charge in [-0.3, -0.25) is 0 Å². The van der Waals surface area contributed by atoms with Crippen LogP contribution in [0.25, 0.3) is 0 Å². The molecule has 0 unspecified atom stereocenters. The zero-order valence-corrected chi connectivity index (χ0v) is 16.7. The minimum absolute atomic E-state index is 0.0708. The Kier molecular flexibility index (Phi) is 7.00. The van der Waals surface area contributed by atoms with E-state index in [1.165, 1.54) is 18.3 Å². The molecule has 0 N–H and O–H groups in total. The second-order valence-electron chi connectivity index (χ2n) is 6.02. The molecular formula is C23H21NO6. The van der Waals surface area contributed by atoms with Crippen molar-refractivity contribution in [2.24, 2.45) is 0 Å². The summed E-state index contributed by atoms with van der Waals surface area (Å²) in [6.45, 7) is 4.88. The van der Waals surface area contributed by atoms with Gasteiger partial charge in [-0.15, -0.1) is 0 Å². The Morgan fingerprint density at radius 1 is 0.667 bits per heavy atom. The van der Waals surface area contributed by atoms with E-state index in [0.717, 1.165) is 0 Å². The lowest BCUT2D eigenvalue weighted by atomic mass is 10.2. The van der Waals surface area contributed by atoms with Crippen LogP contribution in [0.3, 0.4) is 0 Å². The smallest absolute Gasteiger partial charge is 0.362 e. The Bertz CT molecular complexity index is 899. The lowest BCUT2D eigenvalue weighted by Gasteiger charge is -2.07. The molecular weight excluding hydrogens is 386 g/mol. The van der Waals surface area contributed by atoms with Crippen molar-refractivity contribution in [3.8, 4) is 23.0 Å². The molecule has 7 nitrogen and oxygen atoms in total. The van der Waals surface area contributed by atoms with Gasteiger partial charge in [0.25, 0.3) is 0 Å². The first-order valence-corrected chi connectivity index (χ1v) is 9.45. The molecule has 0 saturated heterocycles. The number of esters is 2. The molecule has 0 aliphatic carbocycles. The molecule has 0 fully saturated rings. The topological polar surface area (TPSA) is 84.0 Å². The minimum Gasteiger partial charge on any atom is -0.494 e. The molecule has 3 rings (SSSR count). The van der Waals surface area contributed by atoms with Crippen LogP contribution >= 0.6 is 0 Å². The van der Waals surface area contributed by atoms with Crippen LogP contribution in [0.2, 0.25) is 0 Å². The Morgan fingerprint density at radius 2 is 1.13 bits per heavy atom. The van der Waals surface area contributed by atoms with Crippen molar-refractivity contribution in [3.63, 3.8) is 0 Å². The van der Waals surface area contributed by atoms with Crippen molar-refractivity contribution in [1.82, 2.24) is 4.98 Å². The summed E-state index contributed by atoms with van der Waals surface area (Å²) in [6, 6.07) is 16.2. The monoisotopic (exact) mass is 407 g/mol. The molecule has 3 aromatic rings. The van der Waals surface area contributed by atoms with Crippen LogP contribution in [0.5, 0.6) is 23.0 Å². The van der Waals surface area contributed by atoms with Gasteiger partial charge in [-0.1, -0.05) is 0 Å². The quantitative estimate of drug-likeness (QED) is 0.406. The highest BCUT2D eigenvalue weighted by Crippen LogP contribution is 2.20. The molecule has 0 saturated carbocycles. The Balaban J connectivity index is 1.59. The average Bonchev–Trinajstić information content (AvgIpc) is 2.77. The number of aromatic nitrogens is 1. The van der Waals surface area contributed by atoms with Crippen molar-refractivity contribution < 1.29 is 28.5 Å². The van der Waals surface area contributed by atoms with E-state index in [9.17, 15) is 9.59 Å². The molecule has 0 aliphatic rings. The van der Waals surface area contributed by atoms with E-state index in [4.69, 9.17) is 18.9 Å². The first kappa shape index (κ1) is 20.9. The Labute approximate surface area is 174 Å². The highest BCUT2D eigenvalue weighted by Gasteiger charge is 2.14. The number of benzene rings is 2. The first-order valence-electron chi connectivity index (χ1n) is 9.45. The fourth-order valence-electron chi connectivity index (χ4n) is 2.50. The summed E-state index contributed by atoms with van der Waals surface area (Å²) < 4.78 is 21.3. The molecule has 154 valence electrons. The molecule has 30 heavy (non-hydrogen) atoms. The molecule has 7 heteroatoms. The zero-order chi connectivity index (χ0) is 21.3. The van der Waals surface area contributed by atoms with Gasteiger partial charge in [0, 0.05) is 6.20 Å². The molecule has 0 bridgehead atoms. The number of carbonyl (C=O) groups excluding carboxylic acids is 2. The van der Waals surface area contributed by atoms with Gasteiger partial charge in [-0.25, -0.2) is 14.6 Å². The van der Waals surface area contributed by atoms with Gasteiger partial charge in [-0.2, -0.15) is 0 Å². The molecule has 1 aromatic heterocycles. The van der Waals surface area contributed by atoms with Gasteiger partial charge >= 0.3 is 11.9 Å². The van der Waals surface area contributed by atoms with E-state index in [1.54, 1.807) is 48.5 Å². The van der Waals surface area contributed by atoms with E-state index < -0.39 is 11.9 Å². The summed E-state index contributed by atoms with van der Waals surface area (Å²) in [7, 11) is 0. The van der Waals surface area contributed by atoms with E-state index in [2.05, 4.69) is 4.98 Å². The third-order valence-electron chi connectivity index (χ3n) is 3.90. The standard InChI is InChI=1S/C23H21NO6/c1-3-27-17-6-10-19(11-7-17)29-22(25)16-5-14-21(24-15-16)23(26)30-20-12-8-18(9-13-20)28-4-2/h5-15H,3-4H2,1-2H3. The van der Waals surface area contributed by atoms with Crippen LogP contribution in [-0.2, 0) is 0 Å². The number of hydrogen-bond acceptors (Lipinski definition) is 7. The fraction of sp³-hybridized carbons (Fsp3) is 0.174.